The van der Waals surface area contributed by atoms with Crippen molar-refractivity contribution in [2.24, 2.45) is 0 Å². The zero-order chi connectivity index (χ0) is 41.5. The summed E-state index contributed by atoms with van der Waals surface area (Å²) in [7, 11) is 0. The minimum absolute atomic E-state index is 0.0664. The molecule has 336 valence electrons. The molecule has 0 aliphatic rings. The van der Waals surface area contributed by atoms with E-state index in [0.29, 0.717) is 19.3 Å². The van der Waals surface area contributed by atoms with E-state index < -0.39 is 6.10 Å². The summed E-state index contributed by atoms with van der Waals surface area (Å²) in [5.41, 5.74) is 0. The zero-order valence-corrected chi connectivity index (χ0v) is 38.4. The number of rotatable bonds is 46. The normalized spacial score (nSPS) is 12.0. The molecular weight excluding hydrogens is 709 g/mol. The van der Waals surface area contributed by atoms with E-state index in [1.807, 2.05) is 0 Å². The summed E-state index contributed by atoms with van der Waals surface area (Å²) in [5.74, 6) is -0.859. The fourth-order valence-corrected chi connectivity index (χ4v) is 7.44. The van der Waals surface area contributed by atoms with Crippen LogP contribution in [0.15, 0.2) is 12.2 Å². The van der Waals surface area contributed by atoms with E-state index in [1.54, 1.807) is 0 Å². The van der Waals surface area contributed by atoms with Crippen LogP contribution in [0.4, 0.5) is 0 Å². The second kappa shape index (κ2) is 46.8. The van der Waals surface area contributed by atoms with Gasteiger partial charge in [-0.2, -0.15) is 0 Å². The van der Waals surface area contributed by atoms with Crippen molar-refractivity contribution in [2.75, 3.05) is 13.2 Å². The lowest BCUT2D eigenvalue weighted by Gasteiger charge is -2.18. The van der Waals surface area contributed by atoms with E-state index >= 15 is 0 Å². The first kappa shape index (κ1) is 55.2. The van der Waals surface area contributed by atoms with Crippen molar-refractivity contribution >= 4 is 17.9 Å². The van der Waals surface area contributed by atoms with Crippen molar-refractivity contribution < 1.29 is 28.6 Å². The first-order chi connectivity index (χ1) is 28.0. The van der Waals surface area contributed by atoms with Crippen LogP contribution >= 0.6 is 0 Å². The van der Waals surface area contributed by atoms with E-state index in [0.717, 1.165) is 57.8 Å². The average Bonchev–Trinajstić information content (AvgIpc) is 3.21. The van der Waals surface area contributed by atoms with E-state index in [4.69, 9.17) is 14.2 Å². The minimum atomic E-state index is -0.763. The number of ether oxygens (including phenoxy) is 3. The molecule has 0 radical (unpaired) electrons. The third kappa shape index (κ3) is 45.1. The molecule has 0 saturated heterocycles. The monoisotopic (exact) mass is 805 g/mol. The van der Waals surface area contributed by atoms with Gasteiger partial charge in [0, 0.05) is 19.3 Å². The number of carbonyl (C=O) groups excluding carboxylic acids is 3. The number of esters is 3. The van der Waals surface area contributed by atoms with E-state index in [1.165, 1.54) is 180 Å². The summed E-state index contributed by atoms with van der Waals surface area (Å²) >= 11 is 0. The molecular formula is C51H96O6. The van der Waals surface area contributed by atoms with E-state index in [-0.39, 0.29) is 31.1 Å². The molecule has 0 heterocycles. The standard InChI is InChI=1S/C51H96O6/c1-4-7-10-13-16-19-22-23-24-25-26-27-30-32-35-38-41-44-50(53)56-47-48(57-51(54)45-42-39-36-33-29-21-18-15-12-9-6-3)46-55-49(52)43-40-37-34-31-28-20-17-14-11-8-5-2/h23-24,48H,4-22,25-47H2,1-3H3/b24-23-. The van der Waals surface area contributed by atoms with Crippen molar-refractivity contribution in [1.29, 1.82) is 0 Å². The smallest absolute Gasteiger partial charge is 0.306 e. The molecule has 6 nitrogen and oxygen atoms in total. The molecule has 0 spiro atoms. The van der Waals surface area contributed by atoms with Gasteiger partial charge < -0.3 is 14.2 Å². The molecule has 0 rings (SSSR count). The van der Waals surface area contributed by atoms with Crippen LogP contribution in [0.25, 0.3) is 0 Å². The van der Waals surface area contributed by atoms with E-state index in [2.05, 4.69) is 32.9 Å². The van der Waals surface area contributed by atoms with Gasteiger partial charge in [-0.05, 0) is 44.9 Å². The third-order valence-electron chi connectivity index (χ3n) is 11.3. The van der Waals surface area contributed by atoms with Crippen LogP contribution in [0.2, 0.25) is 0 Å². The quantitative estimate of drug-likeness (QED) is 0.0264. The van der Waals surface area contributed by atoms with Crippen molar-refractivity contribution in [2.45, 2.75) is 284 Å². The van der Waals surface area contributed by atoms with Gasteiger partial charge >= 0.3 is 17.9 Å². The largest absolute Gasteiger partial charge is 0.462 e. The summed E-state index contributed by atoms with van der Waals surface area (Å²) in [5, 5.41) is 0. The van der Waals surface area contributed by atoms with Gasteiger partial charge in [-0.3, -0.25) is 14.4 Å². The maximum Gasteiger partial charge on any atom is 0.306 e. The fourth-order valence-electron chi connectivity index (χ4n) is 7.44. The van der Waals surface area contributed by atoms with Crippen LogP contribution < -0.4 is 0 Å². The van der Waals surface area contributed by atoms with Gasteiger partial charge in [0.2, 0.25) is 0 Å². The third-order valence-corrected chi connectivity index (χ3v) is 11.3. The Bertz CT molecular complexity index is 885. The highest BCUT2D eigenvalue weighted by molar-refractivity contribution is 5.71. The van der Waals surface area contributed by atoms with E-state index in [9.17, 15) is 14.4 Å². The molecule has 57 heavy (non-hydrogen) atoms. The Morgan fingerprint density at radius 3 is 0.877 bits per heavy atom. The second-order valence-corrected chi connectivity index (χ2v) is 17.1. The van der Waals surface area contributed by atoms with Crippen molar-refractivity contribution in [1.82, 2.24) is 0 Å². The number of hydrogen-bond acceptors (Lipinski definition) is 6. The number of hydrogen-bond donors (Lipinski definition) is 0. The molecule has 0 aliphatic heterocycles. The molecule has 0 aromatic carbocycles. The summed E-state index contributed by atoms with van der Waals surface area (Å²) in [6.45, 7) is 6.64. The molecule has 6 heteroatoms. The van der Waals surface area contributed by atoms with Gasteiger partial charge in [-0.15, -0.1) is 0 Å². The molecule has 0 aromatic rings. The molecule has 0 aliphatic carbocycles. The lowest BCUT2D eigenvalue weighted by molar-refractivity contribution is -0.167. The van der Waals surface area contributed by atoms with Gasteiger partial charge in [0.15, 0.2) is 6.10 Å². The maximum absolute atomic E-state index is 12.7. The Balaban J connectivity index is 4.29. The van der Waals surface area contributed by atoms with Crippen LogP contribution in [0.5, 0.6) is 0 Å². The predicted octanol–water partition coefficient (Wildman–Crippen LogP) is 16.2. The molecule has 0 fully saturated rings. The summed E-state index contributed by atoms with van der Waals surface area (Å²) in [6, 6.07) is 0. The van der Waals surface area contributed by atoms with Gasteiger partial charge in [-0.25, -0.2) is 0 Å². The highest BCUT2D eigenvalue weighted by atomic mass is 16.6. The lowest BCUT2D eigenvalue weighted by atomic mass is 10.1. The summed E-state index contributed by atoms with van der Waals surface area (Å²) in [4.78, 5) is 37.8. The molecule has 1 unspecified atom stereocenters. The lowest BCUT2D eigenvalue weighted by Crippen LogP contribution is -2.30. The summed E-state index contributed by atoms with van der Waals surface area (Å²) < 4.78 is 16.8. The number of unbranched alkanes of at least 4 members (excludes halogenated alkanes) is 33. The highest BCUT2D eigenvalue weighted by Crippen LogP contribution is 2.16. The molecule has 1 atom stereocenters. The molecule has 0 bridgehead atoms. The Kier molecular flexibility index (Phi) is 45.3. The Hall–Kier alpha value is -1.85. The van der Waals surface area contributed by atoms with Crippen molar-refractivity contribution in [3.05, 3.63) is 12.2 Å². The van der Waals surface area contributed by atoms with Gasteiger partial charge in [0.25, 0.3) is 0 Å². The number of carbonyl (C=O) groups is 3. The van der Waals surface area contributed by atoms with Crippen LogP contribution in [0, 0.1) is 0 Å². The number of allylic oxidation sites excluding steroid dienone is 2. The molecule has 0 amide bonds. The highest BCUT2D eigenvalue weighted by Gasteiger charge is 2.19. The predicted molar refractivity (Wildman–Crippen MR) is 243 cm³/mol. The minimum Gasteiger partial charge on any atom is -0.462 e. The molecule has 0 aromatic heterocycles. The first-order valence-corrected chi connectivity index (χ1v) is 25.2. The Labute approximate surface area is 354 Å². The SMILES string of the molecule is CCCCCCCC/C=C\CCCCCCCCCC(=O)OCC(COC(=O)CCCCCCCCCCCCC)OC(=O)CCCCCCCCCCCCC. The Morgan fingerprint density at radius 2 is 0.579 bits per heavy atom. The topological polar surface area (TPSA) is 78.9 Å². The first-order valence-electron chi connectivity index (χ1n) is 25.2. The van der Waals surface area contributed by atoms with Gasteiger partial charge in [-0.1, -0.05) is 226 Å². The second-order valence-electron chi connectivity index (χ2n) is 17.1. The molecule has 0 saturated carbocycles. The van der Waals surface area contributed by atoms with Crippen molar-refractivity contribution in [3.63, 3.8) is 0 Å². The van der Waals surface area contributed by atoms with Crippen LogP contribution in [-0.4, -0.2) is 37.2 Å². The zero-order valence-electron chi connectivity index (χ0n) is 38.4. The average molecular weight is 805 g/mol. The van der Waals surface area contributed by atoms with Crippen molar-refractivity contribution in [3.8, 4) is 0 Å². The van der Waals surface area contributed by atoms with Gasteiger partial charge in [0.1, 0.15) is 13.2 Å². The van der Waals surface area contributed by atoms with Crippen LogP contribution in [0.3, 0.4) is 0 Å². The Morgan fingerprint density at radius 1 is 0.333 bits per heavy atom. The maximum atomic E-state index is 12.7. The van der Waals surface area contributed by atoms with Gasteiger partial charge in [0.05, 0.1) is 0 Å². The molecule has 0 N–H and O–H groups in total. The van der Waals surface area contributed by atoms with Crippen LogP contribution in [0.1, 0.15) is 278 Å². The summed E-state index contributed by atoms with van der Waals surface area (Å²) in [6.07, 6.45) is 50.5. The van der Waals surface area contributed by atoms with Crippen LogP contribution in [-0.2, 0) is 28.6 Å². The fraction of sp³-hybridized carbons (Fsp3) is 0.902.